The Morgan fingerprint density at radius 3 is 2.53 bits per heavy atom. The number of amides is 1. The molecule has 0 bridgehead atoms. The number of carbonyl (C=O) groups is 1. The number of sulfonamides is 1. The minimum Gasteiger partial charge on any atom is -0.457 e. The summed E-state index contributed by atoms with van der Waals surface area (Å²) in [6, 6.07) is 20.4. The van der Waals surface area contributed by atoms with E-state index in [2.05, 4.69) is 4.98 Å². The number of aromatic nitrogens is 2. The summed E-state index contributed by atoms with van der Waals surface area (Å²) in [5, 5.41) is 0.923. The number of para-hydroxylation sites is 1. The third-order valence-electron chi connectivity index (χ3n) is 5.12. The first-order valence-corrected chi connectivity index (χ1v) is 12.5. The topological polar surface area (TPSA) is 107 Å². The number of benzene rings is 2. The number of rotatable bonds is 8. The number of hydrogen-bond donors (Lipinski definition) is 1. The molecule has 8 nitrogen and oxygen atoms in total. The zero-order chi connectivity index (χ0) is 24.1. The van der Waals surface area contributed by atoms with Crippen LogP contribution in [-0.2, 0) is 21.4 Å². The Kier molecular flexibility index (Phi) is 6.74. The van der Waals surface area contributed by atoms with Gasteiger partial charge in [0.15, 0.2) is 0 Å². The van der Waals surface area contributed by atoms with Crippen molar-refractivity contribution in [2.75, 3.05) is 6.26 Å². The van der Waals surface area contributed by atoms with Gasteiger partial charge in [-0.1, -0.05) is 24.3 Å². The van der Waals surface area contributed by atoms with E-state index in [1.807, 2.05) is 65.4 Å². The largest absolute Gasteiger partial charge is 0.457 e. The Bertz CT molecular complexity index is 1490. The van der Waals surface area contributed by atoms with E-state index in [-0.39, 0.29) is 12.0 Å². The average molecular weight is 478 g/mol. The number of carbonyl (C=O) groups excluding carboxylic acids is 1. The highest BCUT2D eigenvalue weighted by Gasteiger charge is 2.09. The van der Waals surface area contributed by atoms with Gasteiger partial charge < -0.3 is 9.30 Å². The second-order valence-corrected chi connectivity index (χ2v) is 9.55. The lowest BCUT2D eigenvalue weighted by Gasteiger charge is -2.10. The molecule has 0 spiro atoms. The molecule has 0 saturated heterocycles. The summed E-state index contributed by atoms with van der Waals surface area (Å²) >= 11 is 0. The Morgan fingerprint density at radius 2 is 1.79 bits per heavy atom. The third-order valence-corrected chi connectivity index (χ3v) is 5.72. The van der Waals surface area contributed by atoms with Crippen LogP contribution in [0.1, 0.15) is 12.8 Å². The Balaban J connectivity index is 1.41. The van der Waals surface area contributed by atoms with Crippen molar-refractivity contribution < 1.29 is 17.9 Å². The number of aryl methyl sites for hydroxylation is 1. The zero-order valence-corrected chi connectivity index (χ0v) is 19.3. The van der Waals surface area contributed by atoms with Crippen molar-refractivity contribution in [2.45, 2.75) is 19.4 Å². The Hall–Kier alpha value is -3.98. The molecule has 0 aliphatic heterocycles. The lowest BCUT2D eigenvalue weighted by atomic mass is 10.1. The van der Waals surface area contributed by atoms with Crippen LogP contribution in [0.15, 0.2) is 83.9 Å². The first kappa shape index (κ1) is 23.2. The van der Waals surface area contributed by atoms with Gasteiger partial charge in [-0.2, -0.15) is 0 Å². The number of ether oxygens (including phenoxy) is 1. The summed E-state index contributed by atoms with van der Waals surface area (Å²) in [6.45, 7) is 0.308. The molecule has 2 aromatic carbocycles. The molecule has 0 aliphatic carbocycles. The first-order chi connectivity index (χ1) is 16.3. The summed E-state index contributed by atoms with van der Waals surface area (Å²) < 4.78 is 31.6. The molecule has 9 heteroatoms. The lowest BCUT2D eigenvalue weighted by molar-refractivity contribution is -0.119. The van der Waals surface area contributed by atoms with Crippen LogP contribution in [0.4, 0.5) is 0 Å². The molecule has 0 saturated carbocycles. The van der Waals surface area contributed by atoms with E-state index >= 15 is 0 Å². The van der Waals surface area contributed by atoms with Crippen LogP contribution in [0.2, 0.25) is 0 Å². The van der Waals surface area contributed by atoms with Crippen LogP contribution in [0.3, 0.4) is 0 Å². The molecule has 174 valence electrons. The summed E-state index contributed by atoms with van der Waals surface area (Å²) in [5.74, 6) is 0.793. The highest BCUT2D eigenvalue weighted by molar-refractivity contribution is 7.89. The van der Waals surface area contributed by atoms with Crippen LogP contribution < -0.4 is 15.0 Å². The highest BCUT2D eigenvalue weighted by atomic mass is 32.2. The molecule has 1 amide bonds. The maximum Gasteiger partial charge on any atom is 0.251 e. The molecular formula is C25H23N3O5S. The fourth-order valence-corrected chi connectivity index (χ4v) is 4.06. The van der Waals surface area contributed by atoms with E-state index in [1.165, 1.54) is 10.6 Å². The van der Waals surface area contributed by atoms with Gasteiger partial charge >= 0.3 is 0 Å². The standard InChI is InChI=1S/C25H23N3O5S/c1-34(31,32)27-24(29)7-4-15-28-16-13-19(17-25(28)30)18-8-10-20(11-9-18)33-23-12-14-26-22-6-3-2-5-21(22)23/h2-3,5-6,8-14,16-17H,4,7,15H2,1H3,(H,27,29). The van der Waals surface area contributed by atoms with Gasteiger partial charge in [-0.15, -0.1) is 0 Å². The van der Waals surface area contributed by atoms with Crippen molar-refractivity contribution in [3.63, 3.8) is 0 Å². The third kappa shape index (κ3) is 5.87. The van der Waals surface area contributed by atoms with Crippen molar-refractivity contribution in [2.24, 2.45) is 0 Å². The lowest BCUT2D eigenvalue weighted by Crippen LogP contribution is -2.29. The molecule has 0 fully saturated rings. The summed E-state index contributed by atoms with van der Waals surface area (Å²) in [7, 11) is -3.57. The van der Waals surface area contributed by atoms with Gasteiger partial charge in [0.25, 0.3) is 5.56 Å². The number of nitrogens with zero attached hydrogens (tertiary/aromatic N) is 2. The average Bonchev–Trinajstić information content (AvgIpc) is 2.80. The zero-order valence-electron chi connectivity index (χ0n) is 18.5. The molecule has 1 N–H and O–H groups in total. The number of pyridine rings is 2. The molecular weight excluding hydrogens is 454 g/mol. The van der Waals surface area contributed by atoms with Crippen molar-refractivity contribution >= 4 is 26.8 Å². The first-order valence-electron chi connectivity index (χ1n) is 10.6. The van der Waals surface area contributed by atoms with Gasteiger partial charge in [0.05, 0.1) is 11.8 Å². The number of nitrogens with one attached hydrogen (secondary N) is 1. The second kappa shape index (κ2) is 9.88. The van der Waals surface area contributed by atoms with Crippen molar-refractivity contribution in [3.8, 4) is 22.6 Å². The molecule has 0 aliphatic rings. The van der Waals surface area contributed by atoms with Gasteiger partial charge in [0.2, 0.25) is 15.9 Å². The quantitative estimate of drug-likeness (QED) is 0.415. The SMILES string of the molecule is CS(=O)(=O)NC(=O)CCCn1ccc(-c2ccc(Oc3ccnc4ccccc34)cc2)cc1=O. The monoisotopic (exact) mass is 477 g/mol. The molecule has 0 atom stereocenters. The molecule has 34 heavy (non-hydrogen) atoms. The minimum absolute atomic E-state index is 0.00941. The van der Waals surface area contributed by atoms with Crippen LogP contribution in [-0.4, -0.2) is 30.1 Å². The van der Waals surface area contributed by atoms with Gasteiger partial charge in [-0.3, -0.25) is 19.3 Å². The fraction of sp³-hybridized carbons (Fsp3) is 0.160. The van der Waals surface area contributed by atoms with Crippen molar-refractivity contribution in [3.05, 3.63) is 89.5 Å². The molecule has 0 unspecified atom stereocenters. The smallest absolute Gasteiger partial charge is 0.251 e. The fourth-order valence-electron chi connectivity index (χ4n) is 3.54. The van der Waals surface area contributed by atoms with Crippen molar-refractivity contribution in [1.29, 1.82) is 0 Å². The molecule has 2 aromatic heterocycles. The van der Waals surface area contributed by atoms with E-state index < -0.39 is 15.9 Å². The van der Waals surface area contributed by atoms with Crippen LogP contribution in [0.25, 0.3) is 22.0 Å². The van der Waals surface area contributed by atoms with E-state index in [0.29, 0.717) is 24.5 Å². The van der Waals surface area contributed by atoms with Gasteiger partial charge in [0, 0.05) is 36.8 Å². The maximum atomic E-state index is 12.5. The Labute approximate surface area is 196 Å². The number of fused-ring (bicyclic) bond motifs is 1. The predicted octanol–water partition coefficient (Wildman–Crippen LogP) is 3.71. The van der Waals surface area contributed by atoms with Crippen molar-refractivity contribution in [1.82, 2.24) is 14.3 Å². The normalized spacial score (nSPS) is 11.3. The highest BCUT2D eigenvalue weighted by Crippen LogP contribution is 2.30. The van der Waals surface area contributed by atoms with Gasteiger partial charge in [0.1, 0.15) is 11.5 Å². The summed E-state index contributed by atoms with van der Waals surface area (Å²) in [6.07, 6.45) is 4.65. The van der Waals surface area contributed by atoms with Crippen LogP contribution >= 0.6 is 0 Å². The number of hydrogen-bond acceptors (Lipinski definition) is 6. The molecule has 4 rings (SSSR count). The van der Waals surface area contributed by atoms with E-state index in [4.69, 9.17) is 4.74 Å². The minimum atomic E-state index is -3.57. The molecule has 4 aromatic rings. The van der Waals surface area contributed by atoms with Crippen LogP contribution in [0.5, 0.6) is 11.5 Å². The maximum absolute atomic E-state index is 12.5. The van der Waals surface area contributed by atoms with E-state index in [1.54, 1.807) is 12.4 Å². The Morgan fingerprint density at radius 1 is 1.03 bits per heavy atom. The van der Waals surface area contributed by atoms with Crippen LogP contribution in [0, 0.1) is 0 Å². The van der Waals surface area contributed by atoms with Gasteiger partial charge in [-0.25, -0.2) is 8.42 Å². The van der Waals surface area contributed by atoms with E-state index in [9.17, 15) is 18.0 Å². The molecule has 0 radical (unpaired) electrons. The van der Waals surface area contributed by atoms with Gasteiger partial charge in [-0.05, 0) is 53.9 Å². The van der Waals surface area contributed by atoms with E-state index in [0.717, 1.165) is 28.3 Å². The second-order valence-electron chi connectivity index (χ2n) is 7.80. The summed E-state index contributed by atoms with van der Waals surface area (Å²) in [5.41, 5.74) is 2.28. The summed E-state index contributed by atoms with van der Waals surface area (Å²) in [4.78, 5) is 28.4. The molecule has 2 heterocycles. The predicted molar refractivity (Wildman–Crippen MR) is 130 cm³/mol.